The van der Waals surface area contributed by atoms with Crippen LogP contribution < -0.4 is 5.32 Å². The lowest BCUT2D eigenvalue weighted by molar-refractivity contribution is -0.128. The van der Waals surface area contributed by atoms with E-state index in [1.54, 1.807) is 36.3 Å². The van der Waals surface area contributed by atoms with Crippen LogP contribution in [0.3, 0.4) is 0 Å². The number of benzene rings is 1. The summed E-state index contributed by atoms with van der Waals surface area (Å²) in [5, 5.41) is 2.80. The largest absolute Gasteiger partial charge is 0.462 e. The molecule has 2 rings (SSSR count). The van der Waals surface area contributed by atoms with Gasteiger partial charge in [0.15, 0.2) is 0 Å². The molecule has 1 fully saturated rings. The Morgan fingerprint density at radius 1 is 1.23 bits per heavy atom. The van der Waals surface area contributed by atoms with E-state index >= 15 is 0 Å². The number of esters is 1. The molecule has 2 amide bonds. The zero-order valence-corrected chi connectivity index (χ0v) is 15.3. The zero-order valence-electron chi connectivity index (χ0n) is 15.3. The summed E-state index contributed by atoms with van der Waals surface area (Å²) in [5.74, 6) is -0.978. The van der Waals surface area contributed by atoms with Crippen molar-refractivity contribution in [3.05, 3.63) is 29.8 Å². The number of rotatable bonds is 9. The standard InChI is InChI=1S/C19H26N2O5/c1-3-4-10-26-19(24)14-5-7-16(8-6-14)20-18(23)15-12-17(22)21(13-15)9-11-25-2/h5-8,15H,3-4,9-13H2,1-2H3,(H,20,23). The molecule has 26 heavy (non-hydrogen) atoms. The Morgan fingerprint density at radius 3 is 2.62 bits per heavy atom. The summed E-state index contributed by atoms with van der Waals surface area (Å²) in [6, 6.07) is 6.56. The third kappa shape index (κ3) is 5.56. The first-order chi connectivity index (χ1) is 12.5. The first kappa shape index (κ1) is 19.9. The molecule has 0 spiro atoms. The molecular formula is C19H26N2O5. The Kier molecular flexibility index (Phi) is 7.59. The normalized spacial score (nSPS) is 16.6. The topological polar surface area (TPSA) is 84.9 Å². The highest BCUT2D eigenvalue weighted by Crippen LogP contribution is 2.20. The van der Waals surface area contributed by atoms with Gasteiger partial charge in [0.25, 0.3) is 0 Å². The van der Waals surface area contributed by atoms with Crippen LogP contribution in [0.1, 0.15) is 36.5 Å². The number of methoxy groups -OCH3 is 1. The van der Waals surface area contributed by atoms with Crippen LogP contribution in [0.2, 0.25) is 0 Å². The van der Waals surface area contributed by atoms with E-state index < -0.39 is 0 Å². The number of anilines is 1. The number of carbonyl (C=O) groups excluding carboxylic acids is 3. The summed E-state index contributed by atoms with van der Waals surface area (Å²) in [5.41, 5.74) is 1.03. The molecule has 7 heteroatoms. The highest BCUT2D eigenvalue weighted by molar-refractivity contribution is 5.97. The maximum Gasteiger partial charge on any atom is 0.338 e. The zero-order chi connectivity index (χ0) is 18.9. The minimum Gasteiger partial charge on any atom is -0.462 e. The summed E-state index contributed by atoms with van der Waals surface area (Å²) < 4.78 is 10.1. The van der Waals surface area contributed by atoms with E-state index in [2.05, 4.69) is 5.32 Å². The fourth-order valence-electron chi connectivity index (χ4n) is 2.69. The molecule has 7 nitrogen and oxygen atoms in total. The van der Waals surface area contributed by atoms with E-state index in [9.17, 15) is 14.4 Å². The second kappa shape index (κ2) is 9.91. The van der Waals surface area contributed by atoms with Crippen LogP contribution in [0.25, 0.3) is 0 Å². The number of amides is 2. The van der Waals surface area contributed by atoms with Gasteiger partial charge in [0.05, 0.1) is 24.7 Å². The van der Waals surface area contributed by atoms with Crippen molar-refractivity contribution < 1.29 is 23.9 Å². The van der Waals surface area contributed by atoms with Gasteiger partial charge in [0.1, 0.15) is 0 Å². The van der Waals surface area contributed by atoms with Crippen molar-refractivity contribution in [2.75, 3.05) is 38.7 Å². The quantitative estimate of drug-likeness (QED) is 0.537. The summed E-state index contributed by atoms with van der Waals surface area (Å²) in [7, 11) is 1.58. The summed E-state index contributed by atoms with van der Waals surface area (Å²) >= 11 is 0. The molecule has 1 atom stereocenters. The molecule has 1 aliphatic rings. The van der Waals surface area contributed by atoms with Crippen LogP contribution in [0.15, 0.2) is 24.3 Å². The Morgan fingerprint density at radius 2 is 1.96 bits per heavy atom. The lowest BCUT2D eigenvalue weighted by atomic mass is 10.1. The van der Waals surface area contributed by atoms with E-state index in [1.807, 2.05) is 6.92 Å². The number of likely N-dealkylation sites (tertiary alicyclic amines) is 1. The highest BCUT2D eigenvalue weighted by atomic mass is 16.5. The van der Waals surface area contributed by atoms with Gasteiger partial charge in [0, 0.05) is 32.3 Å². The van der Waals surface area contributed by atoms with Gasteiger partial charge in [-0.25, -0.2) is 4.79 Å². The predicted octanol–water partition coefficient (Wildman–Crippen LogP) is 2.08. The molecule has 0 aromatic heterocycles. The molecule has 1 aromatic carbocycles. The maximum absolute atomic E-state index is 12.4. The molecule has 1 heterocycles. The van der Waals surface area contributed by atoms with Gasteiger partial charge in [-0.1, -0.05) is 13.3 Å². The van der Waals surface area contributed by atoms with E-state index in [-0.39, 0.29) is 30.1 Å². The van der Waals surface area contributed by atoms with Crippen LogP contribution in [-0.4, -0.2) is 56.1 Å². The number of ether oxygens (including phenoxy) is 2. The minimum atomic E-state index is -0.377. The summed E-state index contributed by atoms with van der Waals surface area (Å²) in [4.78, 5) is 37.8. The SMILES string of the molecule is CCCCOC(=O)c1ccc(NC(=O)C2CC(=O)N(CCOC)C2)cc1. The van der Waals surface area contributed by atoms with E-state index in [4.69, 9.17) is 9.47 Å². The Bertz CT molecular complexity index is 629. The fraction of sp³-hybridized carbons (Fsp3) is 0.526. The summed E-state index contributed by atoms with van der Waals surface area (Å²) in [6.07, 6.45) is 2.00. The molecular weight excluding hydrogens is 336 g/mol. The second-order valence-electron chi connectivity index (χ2n) is 6.29. The van der Waals surface area contributed by atoms with Crippen molar-refractivity contribution in [1.82, 2.24) is 4.90 Å². The first-order valence-corrected chi connectivity index (χ1v) is 8.90. The van der Waals surface area contributed by atoms with Crippen LogP contribution in [0.5, 0.6) is 0 Å². The molecule has 1 unspecified atom stereocenters. The first-order valence-electron chi connectivity index (χ1n) is 8.90. The number of unbranched alkanes of at least 4 members (excludes halogenated alkanes) is 1. The Hall–Kier alpha value is -2.41. The van der Waals surface area contributed by atoms with Crippen LogP contribution >= 0.6 is 0 Å². The van der Waals surface area contributed by atoms with Gasteiger partial charge in [-0.05, 0) is 30.7 Å². The maximum atomic E-state index is 12.4. The molecule has 1 saturated heterocycles. The molecule has 1 N–H and O–H groups in total. The lowest BCUT2D eigenvalue weighted by Crippen LogP contribution is -2.30. The van der Waals surface area contributed by atoms with Crippen molar-refractivity contribution >= 4 is 23.5 Å². The van der Waals surface area contributed by atoms with E-state index in [1.165, 1.54) is 0 Å². The molecule has 1 aromatic rings. The van der Waals surface area contributed by atoms with Gasteiger partial charge in [-0.2, -0.15) is 0 Å². The van der Waals surface area contributed by atoms with Crippen molar-refractivity contribution in [1.29, 1.82) is 0 Å². The average Bonchev–Trinajstić information content (AvgIpc) is 3.01. The van der Waals surface area contributed by atoms with E-state index in [0.29, 0.717) is 37.6 Å². The molecule has 1 aliphatic heterocycles. The summed E-state index contributed by atoms with van der Waals surface area (Å²) in [6.45, 7) is 3.78. The monoisotopic (exact) mass is 362 g/mol. The van der Waals surface area contributed by atoms with Gasteiger partial charge < -0.3 is 19.7 Å². The highest BCUT2D eigenvalue weighted by Gasteiger charge is 2.33. The van der Waals surface area contributed by atoms with Crippen molar-refractivity contribution in [3.8, 4) is 0 Å². The predicted molar refractivity (Wildman–Crippen MR) is 96.8 cm³/mol. The third-order valence-electron chi connectivity index (χ3n) is 4.27. The number of nitrogens with zero attached hydrogens (tertiary/aromatic N) is 1. The van der Waals surface area contributed by atoms with Gasteiger partial charge in [0.2, 0.25) is 11.8 Å². The second-order valence-corrected chi connectivity index (χ2v) is 6.29. The molecule has 0 bridgehead atoms. The Labute approximate surface area is 153 Å². The molecule has 142 valence electrons. The van der Waals surface area contributed by atoms with Gasteiger partial charge in [-0.15, -0.1) is 0 Å². The van der Waals surface area contributed by atoms with Crippen molar-refractivity contribution in [2.45, 2.75) is 26.2 Å². The third-order valence-corrected chi connectivity index (χ3v) is 4.27. The van der Waals surface area contributed by atoms with Crippen LogP contribution in [0.4, 0.5) is 5.69 Å². The fourth-order valence-corrected chi connectivity index (χ4v) is 2.69. The van der Waals surface area contributed by atoms with Gasteiger partial charge >= 0.3 is 5.97 Å². The lowest BCUT2D eigenvalue weighted by Gasteiger charge is -2.15. The van der Waals surface area contributed by atoms with Crippen LogP contribution in [0, 0.1) is 5.92 Å². The smallest absolute Gasteiger partial charge is 0.338 e. The Balaban J connectivity index is 1.85. The van der Waals surface area contributed by atoms with Crippen molar-refractivity contribution in [2.24, 2.45) is 5.92 Å². The number of hydrogen-bond donors (Lipinski definition) is 1. The van der Waals surface area contributed by atoms with Crippen LogP contribution in [-0.2, 0) is 19.1 Å². The molecule has 0 aliphatic carbocycles. The van der Waals surface area contributed by atoms with Gasteiger partial charge in [-0.3, -0.25) is 9.59 Å². The minimum absolute atomic E-state index is 0.0348. The van der Waals surface area contributed by atoms with E-state index in [0.717, 1.165) is 12.8 Å². The number of nitrogens with one attached hydrogen (secondary N) is 1. The number of carbonyl (C=O) groups is 3. The average molecular weight is 362 g/mol. The van der Waals surface area contributed by atoms with Crippen molar-refractivity contribution in [3.63, 3.8) is 0 Å². The number of hydrogen-bond acceptors (Lipinski definition) is 5. The molecule has 0 radical (unpaired) electrons. The molecule has 0 saturated carbocycles.